The van der Waals surface area contributed by atoms with Gasteiger partial charge in [0, 0.05) is 34.4 Å². The topological polar surface area (TPSA) is 35.6 Å². The Bertz CT molecular complexity index is 1780. The van der Waals surface area contributed by atoms with Crippen molar-refractivity contribution in [3.8, 4) is 22.8 Å². The van der Waals surface area contributed by atoms with Crippen molar-refractivity contribution >= 4 is 32.8 Å². The van der Waals surface area contributed by atoms with Crippen LogP contribution in [0.2, 0.25) is 0 Å². The van der Waals surface area contributed by atoms with Crippen LogP contribution >= 0.6 is 0 Å². The van der Waals surface area contributed by atoms with E-state index in [1.54, 1.807) is 0 Å². The molecule has 3 heterocycles. The molecule has 4 aromatic carbocycles. The first-order valence-corrected chi connectivity index (χ1v) is 11.4. The summed E-state index contributed by atoms with van der Waals surface area (Å²) in [4.78, 5) is 9.50. The van der Waals surface area contributed by atoms with Crippen molar-refractivity contribution in [3.05, 3.63) is 122 Å². The summed E-state index contributed by atoms with van der Waals surface area (Å²) in [6.07, 6.45) is 3.66. The molecule has 0 saturated heterocycles. The van der Waals surface area contributed by atoms with Gasteiger partial charge in [0.2, 0.25) is 0 Å². The van der Waals surface area contributed by atoms with Crippen LogP contribution < -0.4 is 0 Å². The number of nitrogens with zero attached hydrogens (tertiary/aromatic N) is 4. The summed E-state index contributed by atoms with van der Waals surface area (Å²) in [5, 5.41) is 2.37. The van der Waals surface area contributed by atoms with Gasteiger partial charge in [0.25, 0.3) is 0 Å². The van der Waals surface area contributed by atoms with Gasteiger partial charge in [-0.2, -0.15) is 0 Å². The Morgan fingerprint density at radius 2 is 1.15 bits per heavy atom. The zero-order valence-electron chi connectivity index (χ0n) is 18.3. The van der Waals surface area contributed by atoms with Gasteiger partial charge in [-0.1, -0.05) is 66.7 Å². The summed E-state index contributed by atoms with van der Waals surface area (Å²) >= 11 is 0. The van der Waals surface area contributed by atoms with Crippen LogP contribution in [0.15, 0.2) is 122 Å². The molecular formula is C30H20N4. The summed E-state index contributed by atoms with van der Waals surface area (Å²) in [5.41, 5.74) is 7.67. The smallest absolute Gasteiger partial charge is 0.145 e. The second-order valence-electron chi connectivity index (χ2n) is 8.36. The zero-order valence-corrected chi connectivity index (χ0v) is 18.3. The van der Waals surface area contributed by atoms with Gasteiger partial charge in [-0.15, -0.1) is 0 Å². The van der Waals surface area contributed by atoms with Crippen LogP contribution in [0.25, 0.3) is 55.6 Å². The van der Waals surface area contributed by atoms with E-state index < -0.39 is 0 Å². The Balaban J connectivity index is 1.66. The van der Waals surface area contributed by atoms with E-state index in [0.29, 0.717) is 0 Å². The van der Waals surface area contributed by atoms with Crippen molar-refractivity contribution < 1.29 is 0 Å². The molecule has 0 aliphatic heterocycles. The molecule has 0 spiro atoms. The first-order valence-electron chi connectivity index (χ1n) is 11.4. The van der Waals surface area contributed by atoms with Gasteiger partial charge in [-0.05, 0) is 42.5 Å². The van der Waals surface area contributed by atoms with E-state index in [1.807, 2.05) is 30.6 Å². The summed E-state index contributed by atoms with van der Waals surface area (Å²) in [6, 6.07) is 38.0. The van der Waals surface area contributed by atoms with E-state index in [4.69, 9.17) is 4.98 Å². The average molecular weight is 437 g/mol. The molecule has 0 atom stereocenters. The van der Waals surface area contributed by atoms with Gasteiger partial charge >= 0.3 is 0 Å². The molecule has 0 radical (unpaired) electrons. The molecule has 0 bridgehead atoms. The average Bonchev–Trinajstić information content (AvgIpc) is 3.46. The second-order valence-corrected chi connectivity index (χ2v) is 8.36. The van der Waals surface area contributed by atoms with Crippen LogP contribution in [0, 0.1) is 0 Å². The van der Waals surface area contributed by atoms with Crippen LogP contribution in [0.1, 0.15) is 0 Å². The van der Waals surface area contributed by atoms with Gasteiger partial charge in [-0.25, -0.2) is 4.98 Å². The highest BCUT2D eigenvalue weighted by Crippen LogP contribution is 2.39. The maximum atomic E-state index is 5.27. The van der Waals surface area contributed by atoms with E-state index in [1.165, 1.54) is 16.3 Å². The third kappa shape index (κ3) is 2.72. The molecule has 3 aromatic heterocycles. The van der Waals surface area contributed by atoms with Gasteiger partial charge < -0.3 is 4.57 Å². The highest BCUT2D eigenvalue weighted by Gasteiger charge is 2.20. The second kappa shape index (κ2) is 7.42. The number of benzene rings is 4. The highest BCUT2D eigenvalue weighted by molar-refractivity contribution is 6.20. The predicted molar refractivity (Wildman–Crippen MR) is 139 cm³/mol. The fourth-order valence-electron chi connectivity index (χ4n) is 4.99. The molecule has 4 heteroatoms. The predicted octanol–water partition coefficient (Wildman–Crippen LogP) is 7.18. The van der Waals surface area contributed by atoms with Crippen molar-refractivity contribution in [1.82, 2.24) is 19.1 Å². The minimum Gasteiger partial charge on any atom is -0.309 e. The Morgan fingerprint density at radius 1 is 0.500 bits per heavy atom. The van der Waals surface area contributed by atoms with Gasteiger partial charge in [0.1, 0.15) is 5.82 Å². The lowest BCUT2D eigenvalue weighted by atomic mass is 10.1. The van der Waals surface area contributed by atoms with Crippen LogP contribution in [0.3, 0.4) is 0 Å². The van der Waals surface area contributed by atoms with Crippen LogP contribution in [0.5, 0.6) is 0 Å². The Morgan fingerprint density at radius 3 is 1.94 bits per heavy atom. The largest absolute Gasteiger partial charge is 0.309 e. The van der Waals surface area contributed by atoms with Crippen molar-refractivity contribution in [3.63, 3.8) is 0 Å². The number of rotatable bonds is 3. The molecule has 0 saturated carbocycles. The molecule has 0 fully saturated rings. The first-order chi connectivity index (χ1) is 16.9. The van der Waals surface area contributed by atoms with Crippen LogP contribution in [0.4, 0.5) is 0 Å². The number of fused-ring (bicyclic) bond motifs is 5. The fourth-order valence-corrected chi connectivity index (χ4v) is 4.99. The first kappa shape index (κ1) is 18.8. The summed E-state index contributed by atoms with van der Waals surface area (Å²) in [6.45, 7) is 0. The van der Waals surface area contributed by atoms with Crippen molar-refractivity contribution in [2.75, 3.05) is 0 Å². The van der Waals surface area contributed by atoms with Crippen LogP contribution in [-0.2, 0) is 0 Å². The lowest BCUT2D eigenvalue weighted by Crippen LogP contribution is -1.97. The molecule has 160 valence electrons. The van der Waals surface area contributed by atoms with E-state index in [0.717, 1.165) is 39.3 Å². The fraction of sp³-hybridized carbons (Fsp3) is 0. The number of pyridine rings is 1. The maximum absolute atomic E-state index is 5.27. The van der Waals surface area contributed by atoms with Gasteiger partial charge in [-0.3, -0.25) is 9.55 Å². The minimum atomic E-state index is 0.922. The summed E-state index contributed by atoms with van der Waals surface area (Å²) in [5.74, 6) is 0.922. The molecule has 0 N–H and O–H groups in total. The quantitative estimate of drug-likeness (QED) is 0.294. The highest BCUT2D eigenvalue weighted by atomic mass is 15.1. The number of imidazole rings is 1. The van der Waals surface area contributed by atoms with Crippen molar-refractivity contribution in [1.29, 1.82) is 0 Å². The number of hydrogen-bond acceptors (Lipinski definition) is 2. The number of hydrogen-bond donors (Lipinski definition) is 0. The molecule has 34 heavy (non-hydrogen) atoms. The Hall–Kier alpha value is -4.70. The number of aromatic nitrogens is 4. The summed E-state index contributed by atoms with van der Waals surface area (Å²) < 4.78 is 4.57. The molecule has 7 aromatic rings. The lowest BCUT2D eigenvalue weighted by molar-refractivity contribution is 1.09. The molecule has 0 amide bonds. The minimum absolute atomic E-state index is 0.922. The van der Waals surface area contributed by atoms with E-state index in [9.17, 15) is 0 Å². The SMILES string of the molecule is c1ccc(-c2nc3c4c5ccccc5n(-c5ccccc5)c4ccc3n2-c2ccncc2)cc1. The van der Waals surface area contributed by atoms with Gasteiger partial charge in [0.05, 0.1) is 27.8 Å². The molecule has 0 aliphatic rings. The Kier molecular flexibility index (Phi) is 4.11. The van der Waals surface area contributed by atoms with E-state index in [2.05, 4.69) is 105 Å². The van der Waals surface area contributed by atoms with Crippen molar-refractivity contribution in [2.45, 2.75) is 0 Å². The molecule has 7 rings (SSSR count). The zero-order chi connectivity index (χ0) is 22.5. The van der Waals surface area contributed by atoms with Crippen molar-refractivity contribution in [2.24, 2.45) is 0 Å². The molecular weight excluding hydrogens is 416 g/mol. The Labute approximate surface area is 196 Å². The maximum Gasteiger partial charge on any atom is 0.145 e. The van der Waals surface area contributed by atoms with Gasteiger partial charge in [0.15, 0.2) is 0 Å². The molecule has 0 unspecified atom stereocenters. The standard InChI is InChI=1S/C30H20N4/c1-3-9-21(10-4-1)30-32-29-27(34(30)23-17-19-31-20-18-23)16-15-26-28(29)24-13-7-8-14-25(24)33(26)22-11-5-2-6-12-22/h1-20H. The lowest BCUT2D eigenvalue weighted by Gasteiger charge is -2.09. The normalized spacial score (nSPS) is 11.5. The third-order valence-corrected chi connectivity index (χ3v) is 6.43. The van der Waals surface area contributed by atoms with E-state index >= 15 is 0 Å². The molecule has 0 aliphatic carbocycles. The van der Waals surface area contributed by atoms with Crippen LogP contribution in [-0.4, -0.2) is 19.1 Å². The third-order valence-electron chi connectivity index (χ3n) is 6.43. The molecule has 4 nitrogen and oxygen atoms in total. The number of para-hydroxylation sites is 2. The van der Waals surface area contributed by atoms with E-state index in [-0.39, 0.29) is 0 Å². The summed E-state index contributed by atoms with van der Waals surface area (Å²) in [7, 11) is 0. The monoisotopic (exact) mass is 436 g/mol.